The van der Waals surface area contributed by atoms with Crippen LogP contribution < -0.4 is 0 Å². The van der Waals surface area contributed by atoms with Gasteiger partial charge in [0.15, 0.2) is 5.82 Å². The number of nitrogens with zero attached hydrogens (tertiary/aromatic N) is 4. The number of fused-ring (bicyclic) bond motifs is 1. The molecular weight excluding hydrogens is 320 g/mol. The van der Waals surface area contributed by atoms with Crippen molar-refractivity contribution in [1.29, 1.82) is 0 Å². The van der Waals surface area contributed by atoms with Gasteiger partial charge < -0.3 is 0 Å². The van der Waals surface area contributed by atoms with E-state index >= 15 is 0 Å². The molecular formula is C22H20N4. The second-order valence-electron chi connectivity index (χ2n) is 6.30. The summed E-state index contributed by atoms with van der Waals surface area (Å²) in [5.74, 6) is 0.741. The van der Waals surface area contributed by atoms with Gasteiger partial charge in [0.1, 0.15) is 11.3 Å². The predicted molar refractivity (Wildman–Crippen MR) is 105 cm³/mol. The molecule has 4 nitrogen and oxygen atoms in total. The highest BCUT2D eigenvalue weighted by Crippen LogP contribution is 2.32. The van der Waals surface area contributed by atoms with Crippen LogP contribution in [0.2, 0.25) is 0 Å². The molecule has 0 unspecified atom stereocenters. The van der Waals surface area contributed by atoms with Gasteiger partial charge in [0.2, 0.25) is 0 Å². The van der Waals surface area contributed by atoms with Crippen molar-refractivity contribution in [3.8, 4) is 11.3 Å². The van der Waals surface area contributed by atoms with E-state index in [2.05, 4.69) is 48.3 Å². The maximum Gasteiger partial charge on any atom is 0.187 e. The molecule has 0 radical (unpaired) electrons. The SMILES string of the molecule is CCc1ccc(N=Nc2c(-c3ccccc3)nc3cc(C)ccn23)cc1. The van der Waals surface area contributed by atoms with E-state index in [1.807, 2.05) is 53.1 Å². The Morgan fingerprint density at radius 3 is 2.42 bits per heavy atom. The van der Waals surface area contributed by atoms with Crippen molar-refractivity contribution in [1.82, 2.24) is 9.38 Å². The lowest BCUT2D eigenvalue weighted by molar-refractivity contribution is 1.09. The molecule has 2 aromatic heterocycles. The number of azo groups is 1. The molecule has 0 amide bonds. The number of hydrogen-bond donors (Lipinski definition) is 0. The van der Waals surface area contributed by atoms with Gasteiger partial charge in [-0.05, 0) is 48.7 Å². The van der Waals surface area contributed by atoms with Crippen LogP contribution in [0.3, 0.4) is 0 Å². The Morgan fingerprint density at radius 2 is 1.69 bits per heavy atom. The van der Waals surface area contributed by atoms with Crippen molar-refractivity contribution in [3.63, 3.8) is 0 Å². The molecule has 2 heterocycles. The Balaban J connectivity index is 1.82. The minimum Gasteiger partial charge on any atom is -0.283 e. The molecule has 0 saturated carbocycles. The third-order valence-corrected chi connectivity index (χ3v) is 4.41. The number of aryl methyl sites for hydroxylation is 2. The first kappa shape index (κ1) is 16.2. The Labute approximate surface area is 152 Å². The van der Waals surface area contributed by atoms with Gasteiger partial charge in [0, 0.05) is 11.8 Å². The van der Waals surface area contributed by atoms with Crippen LogP contribution in [-0.4, -0.2) is 9.38 Å². The second-order valence-corrected chi connectivity index (χ2v) is 6.30. The maximum absolute atomic E-state index is 4.79. The van der Waals surface area contributed by atoms with Gasteiger partial charge in [-0.3, -0.25) is 4.40 Å². The van der Waals surface area contributed by atoms with E-state index in [4.69, 9.17) is 4.98 Å². The predicted octanol–water partition coefficient (Wildman–Crippen LogP) is 6.29. The molecule has 4 rings (SSSR count). The van der Waals surface area contributed by atoms with Crippen LogP contribution in [0.25, 0.3) is 16.9 Å². The van der Waals surface area contributed by atoms with E-state index in [0.29, 0.717) is 0 Å². The molecule has 26 heavy (non-hydrogen) atoms. The summed E-state index contributed by atoms with van der Waals surface area (Å²) in [7, 11) is 0. The minimum atomic E-state index is 0.741. The molecule has 0 aliphatic carbocycles. The van der Waals surface area contributed by atoms with Crippen molar-refractivity contribution < 1.29 is 0 Å². The number of imidazole rings is 1. The second kappa shape index (κ2) is 6.92. The molecule has 0 atom stereocenters. The molecule has 4 aromatic rings. The summed E-state index contributed by atoms with van der Waals surface area (Å²) in [6.07, 6.45) is 3.01. The topological polar surface area (TPSA) is 42.0 Å². The number of aromatic nitrogens is 2. The zero-order chi connectivity index (χ0) is 17.9. The van der Waals surface area contributed by atoms with E-state index in [9.17, 15) is 0 Å². The lowest BCUT2D eigenvalue weighted by atomic mass is 10.1. The average molecular weight is 340 g/mol. The number of pyridine rings is 1. The fourth-order valence-electron chi connectivity index (χ4n) is 2.92. The highest BCUT2D eigenvalue weighted by Gasteiger charge is 2.13. The zero-order valence-electron chi connectivity index (χ0n) is 14.9. The van der Waals surface area contributed by atoms with Crippen molar-refractivity contribution in [2.24, 2.45) is 10.2 Å². The summed E-state index contributed by atoms with van der Waals surface area (Å²) < 4.78 is 1.99. The fourth-order valence-corrected chi connectivity index (χ4v) is 2.92. The Bertz CT molecular complexity index is 1060. The smallest absolute Gasteiger partial charge is 0.187 e. The average Bonchev–Trinajstić information content (AvgIpc) is 3.05. The van der Waals surface area contributed by atoms with Crippen LogP contribution in [0, 0.1) is 6.92 Å². The van der Waals surface area contributed by atoms with E-state index in [0.717, 1.165) is 34.8 Å². The van der Waals surface area contributed by atoms with Gasteiger partial charge in [0.25, 0.3) is 0 Å². The molecule has 4 heteroatoms. The molecule has 0 saturated heterocycles. The van der Waals surface area contributed by atoms with Crippen LogP contribution in [0.1, 0.15) is 18.1 Å². The monoisotopic (exact) mass is 340 g/mol. The summed E-state index contributed by atoms with van der Waals surface area (Å²) >= 11 is 0. The van der Waals surface area contributed by atoms with E-state index < -0.39 is 0 Å². The number of rotatable bonds is 4. The summed E-state index contributed by atoms with van der Waals surface area (Å²) in [6.45, 7) is 4.20. The third-order valence-electron chi connectivity index (χ3n) is 4.41. The quantitative estimate of drug-likeness (QED) is 0.403. The number of hydrogen-bond acceptors (Lipinski definition) is 3. The first-order chi connectivity index (χ1) is 12.7. The highest BCUT2D eigenvalue weighted by atomic mass is 15.2. The van der Waals surface area contributed by atoms with Crippen LogP contribution in [0.15, 0.2) is 83.2 Å². The Hall–Kier alpha value is -3.27. The van der Waals surface area contributed by atoms with Crippen LogP contribution in [0.5, 0.6) is 0 Å². The van der Waals surface area contributed by atoms with Gasteiger partial charge >= 0.3 is 0 Å². The lowest BCUT2D eigenvalue weighted by Crippen LogP contribution is -1.84. The molecule has 0 aliphatic rings. The lowest BCUT2D eigenvalue weighted by Gasteiger charge is -2.00. The van der Waals surface area contributed by atoms with Crippen LogP contribution >= 0.6 is 0 Å². The summed E-state index contributed by atoms with van der Waals surface area (Å²) in [6, 6.07) is 22.4. The largest absolute Gasteiger partial charge is 0.283 e. The highest BCUT2D eigenvalue weighted by molar-refractivity contribution is 5.74. The Morgan fingerprint density at radius 1 is 0.923 bits per heavy atom. The Kier molecular flexibility index (Phi) is 4.32. The normalized spacial score (nSPS) is 11.5. The van der Waals surface area contributed by atoms with Gasteiger partial charge in [-0.1, -0.05) is 49.4 Å². The summed E-state index contributed by atoms with van der Waals surface area (Å²) in [5.41, 5.74) is 6.04. The molecule has 0 bridgehead atoms. The van der Waals surface area contributed by atoms with Crippen LogP contribution in [-0.2, 0) is 6.42 Å². The van der Waals surface area contributed by atoms with Crippen LogP contribution in [0.4, 0.5) is 11.5 Å². The third kappa shape index (κ3) is 3.14. The van der Waals surface area contributed by atoms with Gasteiger partial charge in [-0.25, -0.2) is 4.98 Å². The molecule has 0 aliphatic heterocycles. The van der Waals surface area contributed by atoms with E-state index in [-0.39, 0.29) is 0 Å². The summed E-state index contributed by atoms with van der Waals surface area (Å²) in [4.78, 5) is 4.79. The number of benzene rings is 2. The molecule has 0 N–H and O–H groups in total. The van der Waals surface area contributed by atoms with Crippen molar-refractivity contribution in [2.75, 3.05) is 0 Å². The van der Waals surface area contributed by atoms with E-state index in [1.165, 1.54) is 11.1 Å². The van der Waals surface area contributed by atoms with Crippen molar-refractivity contribution in [2.45, 2.75) is 20.3 Å². The fraction of sp³-hybridized carbons (Fsp3) is 0.136. The molecule has 0 fully saturated rings. The molecule has 128 valence electrons. The zero-order valence-corrected chi connectivity index (χ0v) is 14.9. The van der Waals surface area contributed by atoms with Gasteiger partial charge in [-0.2, -0.15) is 0 Å². The molecule has 0 spiro atoms. The van der Waals surface area contributed by atoms with Gasteiger partial charge in [-0.15, -0.1) is 10.2 Å². The standard InChI is InChI=1S/C22H20N4/c1-3-17-9-11-19(12-10-17)24-25-22-21(18-7-5-4-6-8-18)23-20-15-16(2)13-14-26(20)22/h4-15H,3H2,1-2H3. The van der Waals surface area contributed by atoms with Crippen molar-refractivity contribution >= 4 is 17.2 Å². The maximum atomic E-state index is 4.79. The minimum absolute atomic E-state index is 0.741. The summed E-state index contributed by atoms with van der Waals surface area (Å²) in [5, 5.41) is 9.00. The first-order valence-corrected chi connectivity index (χ1v) is 8.79. The van der Waals surface area contributed by atoms with Crippen molar-refractivity contribution in [3.05, 3.63) is 84.1 Å². The van der Waals surface area contributed by atoms with E-state index in [1.54, 1.807) is 0 Å². The first-order valence-electron chi connectivity index (χ1n) is 8.79. The molecule has 2 aromatic carbocycles. The van der Waals surface area contributed by atoms with Gasteiger partial charge in [0.05, 0.1) is 5.69 Å².